The fourth-order valence-corrected chi connectivity index (χ4v) is 2.83. The summed E-state index contributed by atoms with van der Waals surface area (Å²) in [4.78, 5) is 13.1. The van der Waals surface area contributed by atoms with Gasteiger partial charge in [-0.2, -0.15) is 0 Å². The first-order valence-electron chi connectivity index (χ1n) is 5.87. The highest BCUT2D eigenvalue weighted by Crippen LogP contribution is 2.27. The number of halogens is 1. The summed E-state index contributed by atoms with van der Waals surface area (Å²) in [6.07, 6.45) is 0.743. The van der Waals surface area contributed by atoms with Crippen molar-refractivity contribution in [1.29, 1.82) is 0 Å². The summed E-state index contributed by atoms with van der Waals surface area (Å²) in [5, 5.41) is 8.96. The predicted molar refractivity (Wildman–Crippen MR) is 71.7 cm³/mol. The molecule has 1 fully saturated rings. The lowest BCUT2D eigenvalue weighted by Gasteiger charge is -2.16. The van der Waals surface area contributed by atoms with Gasteiger partial charge >= 0.3 is 5.97 Å². The second kappa shape index (κ2) is 5.71. The minimum atomic E-state index is -0.687. The Balaban J connectivity index is 1.98. The summed E-state index contributed by atoms with van der Waals surface area (Å²) >= 11 is 3.45. The quantitative estimate of drug-likeness (QED) is 0.927. The molecule has 0 bridgehead atoms. The number of nitrogens with zero attached hydrogens (tertiary/aromatic N) is 1. The monoisotopic (exact) mass is 313 g/mol. The Labute approximate surface area is 115 Å². The maximum Gasteiger partial charge on any atom is 0.307 e. The van der Waals surface area contributed by atoms with Crippen molar-refractivity contribution in [2.24, 2.45) is 5.92 Å². The molecule has 1 unspecified atom stereocenters. The van der Waals surface area contributed by atoms with Crippen LogP contribution in [0.5, 0.6) is 5.75 Å². The Morgan fingerprint density at radius 1 is 1.61 bits per heavy atom. The van der Waals surface area contributed by atoms with Crippen LogP contribution in [-0.2, 0) is 11.3 Å². The molecule has 1 atom stereocenters. The van der Waals surface area contributed by atoms with Crippen molar-refractivity contribution >= 4 is 21.9 Å². The van der Waals surface area contributed by atoms with Crippen molar-refractivity contribution in [3.8, 4) is 5.75 Å². The molecule has 1 saturated heterocycles. The van der Waals surface area contributed by atoms with Crippen LogP contribution in [0.3, 0.4) is 0 Å². The Morgan fingerprint density at radius 2 is 2.39 bits per heavy atom. The van der Waals surface area contributed by atoms with E-state index in [4.69, 9.17) is 9.84 Å². The van der Waals surface area contributed by atoms with E-state index in [9.17, 15) is 4.79 Å². The molecule has 18 heavy (non-hydrogen) atoms. The number of carboxylic acid groups (broad SMARTS) is 1. The summed E-state index contributed by atoms with van der Waals surface area (Å²) in [7, 11) is 1.64. The number of aliphatic carboxylic acids is 1. The largest absolute Gasteiger partial charge is 0.496 e. The highest BCUT2D eigenvalue weighted by molar-refractivity contribution is 9.10. The Morgan fingerprint density at radius 3 is 2.94 bits per heavy atom. The van der Waals surface area contributed by atoms with Crippen molar-refractivity contribution in [3.63, 3.8) is 0 Å². The number of hydrogen-bond acceptors (Lipinski definition) is 3. The van der Waals surface area contributed by atoms with Crippen LogP contribution in [0.2, 0.25) is 0 Å². The van der Waals surface area contributed by atoms with Gasteiger partial charge in [0.25, 0.3) is 0 Å². The third kappa shape index (κ3) is 3.03. The van der Waals surface area contributed by atoms with Crippen LogP contribution in [-0.4, -0.2) is 36.2 Å². The highest BCUT2D eigenvalue weighted by atomic mass is 79.9. The molecule has 4 nitrogen and oxygen atoms in total. The van der Waals surface area contributed by atoms with Gasteiger partial charge in [0, 0.05) is 13.1 Å². The molecule has 0 spiro atoms. The molecule has 0 saturated carbocycles. The Bertz CT molecular complexity index is 450. The number of carboxylic acids is 1. The molecule has 1 aliphatic rings. The molecule has 0 aliphatic carbocycles. The second-order valence-corrected chi connectivity index (χ2v) is 5.38. The van der Waals surface area contributed by atoms with Gasteiger partial charge in [-0.3, -0.25) is 9.69 Å². The zero-order valence-electron chi connectivity index (χ0n) is 10.2. The summed E-state index contributed by atoms with van der Waals surface area (Å²) in [5.74, 6) is -0.0938. The number of carbonyl (C=O) groups is 1. The maximum absolute atomic E-state index is 10.9. The summed E-state index contributed by atoms with van der Waals surface area (Å²) < 4.78 is 6.11. The van der Waals surface area contributed by atoms with E-state index < -0.39 is 5.97 Å². The number of ether oxygens (including phenoxy) is 1. The Kier molecular flexibility index (Phi) is 4.24. The van der Waals surface area contributed by atoms with Crippen LogP contribution in [0.25, 0.3) is 0 Å². The van der Waals surface area contributed by atoms with Gasteiger partial charge in [0.1, 0.15) is 5.75 Å². The first-order valence-corrected chi connectivity index (χ1v) is 6.67. The van der Waals surface area contributed by atoms with Gasteiger partial charge in [-0.25, -0.2) is 0 Å². The second-order valence-electron chi connectivity index (χ2n) is 4.53. The minimum absolute atomic E-state index is 0.216. The van der Waals surface area contributed by atoms with E-state index >= 15 is 0 Å². The van der Waals surface area contributed by atoms with Gasteiger partial charge < -0.3 is 9.84 Å². The molecule has 0 amide bonds. The van der Waals surface area contributed by atoms with Crippen LogP contribution < -0.4 is 4.74 Å². The summed E-state index contributed by atoms with van der Waals surface area (Å²) in [6.45, 7) is 2.27. The van der Waals surface area contributed by atoms with E-state index in [1.807, 2.05) is 18.2 Å². The zero-order valence-corrected chi connectivity index (χ0v) is 11.8. The SMILES string of the molecule is COc1ccc(CN2CCC(C(=O)O)C2)cc1Br. The number of benzene rings is 1. The zero-order chi connectivity index (χ0) is 13.1. The van der Waals surface area contributed by atoms with Gasteiger partial charge in [0.15, 0.2) is 0 Å². The lowest BCUT2D eigenvalue weighted by atomic mass is 10.1. The maximum atomic E-state index is 10.9. The van der Waals surface area contributed by atoms with Crippen molar-refractivity contribution < 1.29 is 14.6 Å². The highest BCUT2D eigenvalue weighted by Gasteiger charge is 2.27. The van der Waals surface area contributed by atoms with Crippen LogP contribution in [0.4, 0.5) is 0 Å². The molecule has 1 aliphatic heterocycles. The third-order valence-electron chi connectivity index (χ3n) is 3.24. The predicted octanol–water partition coefficient (Wildman–Crippen LogP) is 2.36. The number of rotatable bonds is 4. The lowest BCUT2D eigenvalue weighted by molar-refractivity contribution is -0.141. The first-order chi connectivity index (χ1) is 8.60. The molecule has 0 aromatic heterocycles. The van der Waals surface area contributed by atoms with Crippen LogP contribution in [0, 0.1) is 5.92 Å². The van der Waals surface area contributed by atoms with E-state index in [0.29, 0.717) is 6.54 Å². The molecule has 5 heteroatoms. The van der Waals surface area contributed by atoms with Gasteiger partial charge in [0.05, 0.1) is 17.5 Å². The average molecular weight is 314 g/mol. The fourth-order valence-electron chi connectivity index (χ4n) is 2.24. The summed E-state index contributed by atoms with van der Waals surface area (Å²) in [6, 6.07) is 5.95. The van der Waals surface area contributed by atoms with E-state index in [0.717, 1.165) is 35.3 Å². The molecule has 1 aromatic carbocycles. The smallest absolute Gasteiger partial charge is 0.307 e. The standard InChI is InChI=1S/C13H16BrNO3/c1-18-12-3-2-9(6-11(12)14)7-15-5-4-10(8-15)13(16)17/h2-3,6,10H,4-5,7-8H2,1H3,(H,16,17). The number of likely N-dealkylation sites (tertiary alicyclic amines) is 1. The lowest BCUT2D eigenvalue weighted by Crippen LogP contribution is -2.22. The molecule has 2 rings (SSSR count). The van der Waals surface area contributed by atoms with Crippen molar-refractivity contribution in [2.75, 3.05) is 20.2 Å². The van der Waals surface area contributed by atoms with Gasteiger partial charge in [-0.15, -0.1) is 0 Å². The fraction of sp³-hybridized carbons (Fsp3) is 0.462. The van der Waals surface area contributed by atoms with Gasteiger partial charge in [0.2, 0.25) is 0 Å². The molecular weight excluding hydrogens is 298 g/mol. The van der Waals surface area contributed by atoms with Crippen molar-refractivity contribution in [2.45, 2.75) is 13.0 Å². The molecular formula is C13H16BrNO3. The molecule has 98 valence electrons. The average Bonchev–Trinajstić information content (AvgIpc) is 2.78. The number of hydrogen-bond donors (Lipinski definition) is 1. The molecule has 1 aromatic rings. The van der Waals surface area contributed by atoms with Crippen molar-refractivity contribution in [3.05, 3.63) is 28.2 Å². The van der Waals surface area contributed by atoms with E-state index in [1.54, 1.807) is 7.11 Å². The molecule has 1 N–H and O–H groups in total. The van der Waals surface area contributed by atoms with E-state index in [-0.39, 0.29) is 5.92 Å². The molecule has 0 radical (unpaired) electrons. The van der Waals surface area contributed by atoms with Crippen molar-refractivity contribution in [1.82, 2.24) is 4.90 Å². The summed E-state index contributed by atoms with van der Waals surface area (Å²) in [5.41, 5.74) is 1.16. The third-order valence-corrected chi connectivity index (χ3v) is 3.86. The first kappa shape index (κ1) is 13.4. The molecule has 1 heterocycles. The van der Waals surface area contributed by atoms with Gasteiger partial charge in [-0.05, 0) is 46.6 Å². The van der Waals surface area contributed by atoms with Crippen LogP contribution in [0.1, 0.15) is 12.0 Å². The Hall–Kier alpha value is -1.07. The minimum Gasteiger partial charge on any atom is -0.496 e. The van der Waals surface area contributed by atoms with Crippen LogP contribution in [0.15, 0.2) is 22.7 Å². The normalized spacial score (nSPS) is 20.0. The topological polar surface area (TPSA) is 49.8 Å². The van der Waals surface area contributed by atoms with E-state index in [1.165, 1.54) is 0 Å². The number of methoxy groups -OCH3 is 1. The van der Waals surface area contributed by atoms with E-state index in [2.05, 4.69) is 20.8 Å². The van der Waals surface area contributed by atoms with Gasteiger partial charge in [-0.1, -0.05) is 6.07 Å². The van der Waals surface area contributed by atoms with Crippen LogP contribution >= 0.6 is 15.9 Å².